The Hall–Kier alpha value is -2.17. The highest BCUT2D eigenvalue weighted by Gasteiger charge is 2.48. The average Bonchev–Trinajstić information content (AvgIpc) is 2.86. The average molecular weight is 354 g/mol. The Kier molecular flexibility index (Phi) is 2.73. The summed E-state index contributed by atoms with van der Waals surface area (Å²) in [6.07, 6.45) is 3.66. The highest BCUT2D eigenvalue weighted by Crippen LogP contribution is 2.61. The van der Waals surface area contributed by atoms with E-state index in [0.29, 0.717) is 34.0 Å². The summed E-state index contributed by atoms with van der Waals surface area (Å²) in [4.78, 5) is 8.69. The van der Waals surface area contributed by atoms with Crippen molar-refractivity contribution in [2.24, 2.45) is 11.8 Å². The molecule has 2 heterocycles. The Balaban J connectivity index is 1.75. The zero-order valence-electron chi connectivity index (χ0n) is 14.1. The lowest BCUT2D eigenvalue weighted by molar-refractivity contribution is -0.136. The van der Waals surface area contributed by atoms with Crippen molar-refractivity contribution in [2.75, 3.05) is 0 Å². The SMILES string of the molecule is FC(F)(F)c1cc2c3c(cnc2c2cccnc12)C1CC2CC3CC1C2. The summed E-state index contributed by atoms with van der Waals surface area (Å²) < 4.78 is 41.3. The van der Waals surface area contributed by atoms with Gasteiger partial charge in [0.05, 0.1) is 16.6 Å². The molecule has 3 bridgehead atoms. The molecule has 1 aromatic carbocycles. The topological polar surface area (TPSA) is 25.8 Å². The molecule has 0 radical (unpaired) electrons. The third-order valence-corrected chi connectivity index (χ3v) is 6.91. The molecule has 0 amide bonds. The number of hydrogen-bond acceptors (Lipinski definition) is 2. The number of nitrogens with zero attached hydrogens (tertiary/aromatic N) is 2. The summed E-state index contributed by atoms with van der Waals surface area (Å²) in [5.74, 6) is 2.31. The molecule has 0 aliphatic heterocycles. The first kappa shape index (κ1) is 14.9. The second kappa shape index (κ2) is 4.76. The molecule has 4 unspecified atom stereocenters. The highest BCUT2D eigenvalue weighted by molar-refractivity contribution is 6.07. The Morgan fingerprint density at radius 2 is 1.85 bits per heavy atom. The molecule has 132 valence electrons. The van der Waals surface area contributed by atoms with Crippen LogP contribution in [0.4, 0.5) is 13.2 Å². The van der Waals surface area contributed by atoms with E-state index in [-0.39, 0.29) is 5.52 Å². The zero-order chi connectivity index (χ0) is 17.6. The van der Waals surface area contributed by atoms with Gasteiger partial charge in [0.15, 0.2) is 0 Å². The van der Waals surface area contributed by atoms with Crippen LogP contribution in [0.15, 0.2) is 30.6 Å². The number of benzene rings is 1. The molecule has 2 nitrogen and oxygen atoms in total. The van der Waals surface area contributed by atoms with Crippen molar-refractivity contribution in [3.05, 3.63) is 47.3 Å². The van der Waals surface area contributed by atoms with E-state index >= 15 is 0 Å². The van der Waals surface area contributed by atoms with Crippen LogP contribution >= 0.6 is 0 Å². The van der Waals surface area contributed by atoms with E-state index in [9.17, 15) is 13.2 Å². The minimum atomic E-state index is -4.42. The van der Waals surface area contributed by atoms with Crippen LogP contribution in [0.25, 0.3) is 21.8 Å². The highest BCUT2D eigenvalue weighted by atomic mass is 19.4. The van der Waals surface area contributed by atoms with Crippen LogP contribution in [0.2, 0.25) is 0 Å². The maximum atomic E-state index is 13.8. The van der Waals surface area contributed by atoms with E-state index in [2.05, 4.69) is 9.97 Å². The minimum absolute atomic E-state index is 0.00146. The number of rotatable bonds is 0. The third-order valence-electron chi connectivity index (χ3n) is 6.91. The van der Waals surface area contributed by atoms with Gasteiger partial charge in [-0.1, -0.05) is 0 Å². The van der Waals surface area contributed by atoms with Crippen LogP contribution in [-0.4, -0.2) is 9.97 Å². The van der Waals surface area contributed by atoms with Crippen LogP contribution in [-0.2, 0) is 6.18 Å². The number of halogens is 3. The molecular formula is C21H17F3N2. The molecule has 0 N–H and O–H groups in total. The fourth-order valence-electron chi connectivity index (χ4n) is 6.08. The van der Waals surface area contributed by atoms with E-state index in [1.165, 1.54) is 30.7 Å². The lowest BCUT2D eigenvalue weighted by Crippen LogP contribution is -2.23. The second-order valence-electron chi connectivity index (χ2n) is 8.22. The van der Waals surface area contributed by atoms with Gasteiger partial charge in [0.25, 0.3) is 0 Å². The minimum Gasteiger partial charge on any atom is -0.256 e. The largest absolute Gasteiger partial charge is 0.418 e. The first-order valence-electron chi connectivity index (χ1n) is 9.28. The van der Waals surface area contributed by atoms with Gasteiger partial charge in [-0.3, -0.25) is 9.97 Å². The summed E-state index contributed by atoms with van der Waals surface area (Å²) >= 11 is 0. The summed E-state index contributed by atoms with van der Waals surface area (Å²) in [6.45, 7) is 0. The molecule has 2 fully saturated rings. The Morgan fingerprint density at radius 1 is 0.962 bits per heavy atom. The Labute approximate surface area is 148 Å². The normalized spacial score (nSPS) is 29.5. The number of hydrogen-bond donors (Lipinski definition) is 0. The van der Waals surface area contributed by atoms with E-state index in [1.807, 2.05) is 6.20 Å². The predicted octanol–water partition coefficient (Wildman–Crippen LogP) is 5.80. The van der Waals surface area contributed by atoms with Gasteiger partial charge in [-0.15, -0.1) is 0 Å². The van der Waals surface area contributed by atoms with E-state index in [1.54, 1.807) is 12.1 Å². The van der Waals surface area contributed by atoms with Gasteiger partial charge >= 0.3 is 6.18 Å². The predicted molar refractivity (Wildman–Crippen MR) is 93.0 cm³/mol. The number of alkyl halides is 3. The van der Waals surface area contributed by atoms with Gasteiger partial charge in [-0.05, 0) is 78.7 Å². The summed E-state index contributed by atoms with van der Waals surface area (Å²) in [6, 6.07) is 4.73. The molecule has 3 aliphatic rings. The Bertz CT molecular complexity index is 1070. The van der Waals surface area contributed by atoms with Crippen molar-refractivity contribution in [3.63, 3.8) is 0 Å². The lowest BCUT2D eigenvalue weighted by atomic mass is 9.68. The van der Waals surface area contributed by atoms with Crippen LogP contribution < -0.4 is 0 Å². The molecule has 2 saturated carbocycles. The van der Waals surface area contributed by atoms with Crippen molar-refractivity contribution in [3.8, 4) is 0 Å². The Morgan fingerprint density at radius 3 is 2.69 bits per heavy atom. The van der Waals surface area contributed by atoms with Crippen molar-refractivity contribution in [1.29, 1.82) is 0 Å². The lowest BCUT2D eigenvalue weighted by Gasteiger charge is -2.36. The molecule has 3 aliphatic carbocycles. The molecule has 3 aromatic rings. The maximum Gasteiger partial charge on any atom is 0.418 e. The molecule has 4 atom stereocenters. The smallest absolute Gasteiger partial charge is 0.256 e. The summed E-state index contributed by atoms with van der Waals surface area (Å²) in [7, 11) is 0. The van der Waals surface area contributed by atoms with Gasteiger partial charge in [0.2, 0.25) is 0 Å². The van der Waals surface area contributed by atoms with Crippen molar-refractivity contribution >= 4 is 21.8 Å². The third kappa shape index (κ3) is 1.84. The number of aromatic nitrogens is 2. The molecular weight excluding hydrogens is 337 g/mol. The molecule has 5 heteroatoms. The maximum absolute atomic E-state index is 13.8. The van der Waals surface area contributed by atoms with Crippen molar-refractivity contribution < 1.29 is 13.2 Å². The standard InChI is InChI=1S/C21H17F3N2/c22-21(23,24)17-8-15-18-12-5-10-4-11(7-12)14(6-10)16(18)9-26-19(15)13-2-1-3-25-20(13)17/h1-3,8-12,14H,4-7H2. The fraction of sp³-hybridized carbons (Fsp3) is 0.429. The molecule has 6 rings (SSSR count). The monoisotopic (exact) mass is 354 g/mol. The van der Waals surface area contributed by atoms with Gasteiger partial charge in [-0.2, -0.15) is 13.2 Å². The molecule has 2 aromatic heterocycles. The first-order chi connectivity index (χ1) is 12.5. The zero-order valence-corrected chi connectivity index (χ0v) is 14.1. The molecule has 0 saturated heterocycles. The van der Waals surface area contributed by atoms with Crippen molar-refractivity contribution in [2.45, 2.75) is 43.7 Å². The van der Waals surface area contributed by atoms with Gasteiger partial charge in [0, 0.05) is 23.2 Å². The van der Waals surface area contributed by atoms with Gasteiger partial charge < -0.3 is 0 Å². The summed E-state index contributed by atoms with van der Waals surface area (Å²) in [5.41, 5.74) is 2.40. The number of fused-ring (bicyclic) bond motifs is 9. The second-order valence-corrected chi connectivity index (χ2v) is 8.22. The van der Waals surface area contributed by atoms with Gasteiger partial charge in [0.1, 0.15) is 0 Å². The van der Waals surface area contributed by atoms with Crippen LogP contribution in [0.1, 0.15) is 54.2 Å². The summed E-state index contributed by atoms with van der Waals surface area (Å²) in [5, 5.41) is 1.21. The molecule has 0 spiro atoms. The van der Waals surface area contributed by atoms with Crippen LogP contribution in [0, 0.1) is 11.8 Å². The van der Waals surface area contributed by atoms with Crippen LogP contribution in [0.5, 0.6) is 0 Å². The molecule has 26 heavy (non-hydrogen) atoms. The quantitative estimate of drug-likeness (QED) is 0.477. The van der Waals surface area contributed by atoms with Crippen molar-refractivity contribution in [1.82, 2.24) is 9.97 Å². The number of pyridine rings is 2. The van der Waals surface area contributed by atoms with Crippen LogP contribution in [0.3, 0.4) is 0 Å². The van der Waals surface area contributed by atoms with E-state index in [0.717, 1.165) is 24.3 Å². The van der Waals surface area contributed by atoms with E-state index in [4.69, 9.17) is 0 Å². The van der Waals surface area contributed by atoms with E-state index < -0.39 is 11.7 Å². The fourth-order valence-corrected chi connectivity index (χ4v) is 6.08. The van der Waals surface area contributed by atoms with Gasteiger partial charge in [-0.25, -0.2) is 0 Å². The first-order valence-corrected chi connectivity index (χ1v) is 9.28.